The van der Waals surface area contributed by atoms with Crippen LogP contribution in [0.5, 0.6) is 0 Å². The van der Waals surface area contributed by atoms with E-state index in [0.29, 0.717) is 5.56 Å². The van der Waals surface area contributed by atoms with Crippen LogP contribution in [0.3, 0.4) is 0 Å². The number of nitriles is 1. The van der Waals surface area contributed by atoms with Crippen molar-refractivity contribution in [3.8, 4) is 28.3 Å². The van der Waals surface area contributed by atoms with E-state index >= 15 is 0 Å². The molecule has 0 saturated carbocycles. The van der Waals surface area contributed by atoms with Crippen molar-refractivity contribution in [1.29, 1.82) is 5.26 Å². The zero-order valence-electron chi connectivity index (χ0n) is 25.9. The third kappa shape index (κ3) is 4.31. The Hall–Kier alpha value is -2.88. The molecule has 41 heavy (non-hydrogen) atoms. The molecule has 0 radical (unpaired) electrons. The summed E-state index contributed by atoms with van der Waals surface area (Å²) < 4.78 is 25.9. The highest BCUT2D eigenvalue weighted by Gasteiger charge is 2.54. The summed E-state index contributed by atoms with van der Waals surface area (Å²) in [6, 6.07) is 21.4. The predicted molar refractivity (Wildman–Crippen MR) is 166 cm³/mol. The molecule has 6 rings (SSSR count). The minimum Gasteiger partial charge on any atom is -0.399 e. The Balaban J connectivity index is 1.47. The monoisotopic (exact) mass is 547 g/mol. The lowest BCUT2D eigenvalue weighted by molar-refractivity contribution is 0.00578. The lowest BCUT2D eigenvalue weighted by Crippen LogP contribution is -2.41. The zero-order valence-corrected chi connectivity index (χ0v) is 25.9. The summed E-state index contributed by atoms with van der Waals surface area (Å²) >= 11 is 0. The molecule has 0 N–H and O–H groups in total. The summed E-state index contributed by atoms with van der Waals surface area (Å²) in [6.07, 6.45) is 0. The van der Waals surface area contributed by atoms with Gasteiger partial charge in [0.2, 0.25) is 0 Å². The lowest BCUT2D eigenvalue weighted by Gasteiger charge is -2.32. The average molecular weight is 547 g/mol. The van der Waals surface area contributed by atoms with E-state index in [4.69, 9.17) is 18.6 Å². The van der Waals surface area contributed by atoms with Gasteiger partial charge in [-0.05, 0) is 118 Å². The fourth-order valence-electron chi connectivity index (χ4n) is 6.06. The van der Waals surface area contributed by atoms with Crippen LogP contribution in [0.25, 0.3) is 22.3 Å². The summed E-state index contributed by atoms with van der Waals surface area (Å²) in [5, 5.41) is 9.52. The summed E-state index contributed by atoms with van der Waals surface area (Å²) in [5.74, 6) is 0. The first kappa shape index (κ1) is 28.2. The molecule has 7 heteroatoms. The van der Waals surface area contributed by atoms with E-state index in [1.807, 2.05) is 12.1 Å². The Morgan fingerprint density at radius 3 is 1.44 bits per heavy atom. The highest BCUT2D eigenvalue weighted by molar-refractivity contribution is 6.66. The number of fused-ring (bicyclic) bond motifs is 3. The number of nitrogens with zero attached hydrogens (tertiary/aromatic N) is 1. The molecule has 2 heterocycles. The molecule has 1 aliphatic carbocycles. The summed E-state index contributed by atoms with van der Waals surface area (Å²) in [6.45, 7) is 21.1. The normalized spacial score (nSPS) is 22.4. The van der Waals surface area contributed by atoms with Gasteiger partial charge in [0.1, 0.15) is 0 Å². The molecular formula is C34H39B2NO4. The van der Waals surface area contributed by atoms with E-state index in [1.54, 1.807) is 0 Å². The smallest absolute Gasteiger partial charge is 0.399 e. The van der Waals surface area contributed by atoms with E-state index < -0.39 is 36.6 Å². The van der Waals surface area contributed by atoms with Crippen LogP contribution >= 0.6 is 0 Å². The maximum absolute atomic E-state index is 9.52. The van der Waals surface area contributed by atoms with Crippen molar-refractivity contribution in [2.45, 2.75) is 97.1 Å². The fraction of sp³-hybridized carbons (Fsp3) is 0.441. The summed E-state index contributed by atoms with van der Waals surface area (Å²) in [5.41, 5.74) is 7.51. The number of rotatable bonds is 3. The second-order valence-corrected chi connectivity index (χ2v) is 14.3. The SMILES string of the molecule is CC1(C)c2cc(C#N)ccc2-c2ccc(-c3cc(B4OC(C)(C)C(C)(C)O4)cc(B4OC(C)(C)C(C)(C)O4)c3)cc21. The highest BCUT2D eigenvalue weighted by Crippen LogP contribution is 2.50. The van der Waals surface area contributed by atoms with Gasteiger partial charge in [-0.3, -0.25) is 0 Å². The Kier molecular flexibility index (Phi) is 6.07. The van der Waals surface area contributed by atoms with Gasteiger partial charge in [-0.2, -0.15) is 5.26 Å². The Morgan fingerprint density at radius 2 is 0.976 bits per heavy atom. The Labute approximate surface area is 245 Å². The topological polar surface area (TPSA) is 60.7 Å². The van der Waals surface area contributed by atoms with Crippen LogP contribution in [0.1, 0.15) is 85.9 Å². The van der Waals surface area contributed by atoms with Gasteiger partial charge in [-0.15, -0.1) is 0 Å². The standard InChI is InChI=1S/C34H39B2NO4/c1-30(2)28-15-21(20-37)11-13-26(28)27-14-12-22(18-29(27)30)23-16-24(35-38-31(3,4)32(5,6)39-35)19-25(17-23)36-40-33(7,8)34(9,10)41-36/h11-19H,1-10H3. The van der Waals surface area contributed by atoms with Crippen molar-refractivity contribution in [2.75, 3.05) is 0 Å². The van der Waals surface area contributed by atoms with Crippen LogP contribution in [0, 0.1) is 11.3 Å². The predicted octanol–water partition coefficient (Wildman–Crippen LogP) is 6.13. The summed E-state index contributed by atoms with van der Waals surface area (Å²) in [7, 11) is -1.03. The molecule has 0 atom stereocenters. The van der Waals surface area contributed by atoms with Gasteiger partial charge in [0.05, 0.1) is 34.0 Å². The largest absolute Gasteiger partial charge is 0.494 e. The van der Waals surface area contributed by atoms with Crippen molar-refractivity contribution in [1.82, 2.24) is 0 Å². The fourth-order valence-corrected chi connectivity index (χ4v) is 6.06. The van der Waals surface area contributed by atoms with Gasteiger partial charge in [-0.25, -0.2) is 0 Å². The van der Waals surface area contributed by atoms with E-state index in [0.717, 1.165) is 22.1 Å². The minimum atomic E-state index is -0.513. The van der Waals surface area contributed by atoms with Crippen LogP contribution in [0.15, 0.2) is 54.6 Å². The number of benzene rings is 3. The molecule has 3 aromatic rings. The van der Waals surface area contributed by atoms with Crippen LogP contribution < -0.4 is 10.9 Å². The first-order valence-electron chi connectivity index (χ1n) is 14.5. The molecule has 0 amide bonds. The molecule has 2 fully saturated rings. The van der Waals surface area contributed by atoms with Gasteiger partial charge in [0, 0.05) is 5.41 Å². The highest BCUT2D eigenvalue weighted by atomic mass is 16.7. The Bertz CT molecular complexity index is 1530. The molecule has 0 spiro atoms. The molecule has 0 bridgehead atoms. The van der Waals surface area contributed by atoms with Gasteiger partial charge in [0.25, 0.3) is 0 Å². The number of hydrogen-bond acceptors (Lipinski definition) is 5. The minimum absolute atomic E-state index is 0.231. The van der Waals surface area contributed by atoms with Crippen molar-refractivity contribution >= 4 is 25.2 Å². The molecule has 0 aromatic heterocycles. The molecular weight excluding hydrogens is 508 g/mol. The van der Waals surface area contributed by atoms with Gasteiger partial charge >= 0.3 is 14.2 Å². The third-order valence-corrected chi connectivity index (χ3v) is 10.2. The maximum Gasteiger partial charge on any atom is 0.494 e. The molecule has 210 valence electrons. The van der Waals surface area contributed by atoms with Crippen molar-refractivity contribution in [3.05, 3.63) is 71.3 Å². The number of hydrogen-bond donors (Lipinski definition) is 0. The van der Waals surface area contributed by atoms with E-state index in [2.05, 4.69) is 118 Å². The van der Waals surface area contributed by atoms with E-state index in [-0.39, 0.29) is 5.41 Å². The first-order chi connectivity index (χ1) is 19.0. The molecule has 3 aromatic carbocycles. The summed E-state index contributed by atoms with van der Waals surface area (Å²) in [4.78, 5) is 0. The van der Waals surface area contributed by atoms with Gasteiger partial charge in [0.15, 0.2) is 0 Å². The first-order valence-corrected chi connectivity index (χ1v) is 14.5. The van der Waals surface area contributed by atoms with Crippen molar-refractivity contribution in [2.24, 2.45) is 0 Å². The molecule has 2 saturated heterocycles. The van der Waals surface area contributed by atoms with Crippen LogP contribution in [0.2, 0.25) is 0 Å². The molecule has 5 nitrogen and oxygen atoms in total. The molecule has 3 aliphatic rings. The third-order valence-electron chi connectivity index (χ3n) is 10.2. The van der Waals surface area contributed by atoms with Crippen molar-refractivity contribution in [3.63, 3.8) is 0 Å². The average Bonchev–Trinajstić information content (AvgIpc) is 3.37. The Morgan fingerprint density at radius 1 is 0.537 bits per heavy atom. The second-order valence-electron chi connectivity index (χ2n) is 14.3. The molecule has 0 unspecified atom stereocenters. The van der Waals surface area contributed by atoms with E-state index in [9.17, 15) is 5.26 Å². The molecule has 2 aliphatic heterocycles. The van der Waals surface area contributed by atoms with Crippen LogP contribution in [0.4, 0.5) is 0 Å². The van der Waals surface area contributed by atoms with Gasteiger partial charge in [-0.1, -0.05) is 50.2 Å². The van der Waals surface area contributed by atoms with Gasteiger partial charge < -0.3 is 18.6 Å². The van der Waals surface area contributed by atoms with Crippen molar-refractivity contribution < 1.29 is 18.6 Å². The van der Waals surface area contributed by atoms with Crippen LogP contribution in [-0.2, 0) is 24.0 Å². The lowest BCUT2D eigenvalue weighted by atomic mass is 9.70. The van der Waals surface area contributed by atoms with E-state index in [1.165, 1.54) is 22.3 Å². The second kappa shape index (κ2) is 8.82. The van der Waals surface area contributed by atoms with Crippen LogP contribution in [-0.4, -0.2) is 36.6 Å². The zero-order chi connectivity index (χ0) is 29.8. The maximum atomic E-state index is 9.52. The quantitative estimate of drug-likeness (QED) is 0.370.